The molecule has 10 aromatic rings. The molecule has 0 N–H and O–H groups in total. The molecule has 2 nitrogen and oxygen atoms in total. The van der Waals surface area contributed by atoms with Crippen LogP contribution in [0.3, 0.4) is 0 Å². The van der Waals surface area contributed by atoms with E-state index in [-0.39, 0.29) is 0 Å². The summed E-state index contributed by atoms with van der Waals surface area (Å²) in [5, 5.41) is 2.40. The predicted molar refractivity (Wildman–Crippen MR) is 247 cm³/mol. The second-order valence-corrected chi connectivity index (χ2v) is 15.1. The van der Waals surface area contributed by atoms with Crippen molar-refractivity contribution in [2.75, 3.05) is 4.90 Å². The van der Waals surface area contributed by atoms with Gasteiger partial charge in [-0.2, -0.15) is 0 Å². The van der Waals surface area contributed by atoms with E-state index in [1.54, 1.807) is 0 Å². The molecule has 0 atom stereocenters. The van der Waals surface area contributed by atoms with Gasteiger partial charge in [0.1, 0.15) is 0 Å². The van der Waals surface area contributed by atoms with Gasteiger partial charge < -0.3 is 9.47 Å². The summed E-state index contributed by atoms with van der Waals surface area (Å²) in [5.41, 5.74) is 18.8. The summed E-state index contributed by atoms with van der Waals surface area (Å²) in [6.07, 6.45) is 0. The molecule has 0 unspecified atom stereocenters. The molecule has 0 spiro atoms. The number of aryl methyl sites for hydroxylation is 2. The van der Waals surface area contributed by atoms with E-state index in [0.29, 0.717) is 0 Å². The summed E-state index contributed by atoms with van der Waals surface area (Å²) in [4.78, 5) is 2.46. The summed E-state index contributed by atoms with van der Waals surface area (Å²) in [6.45, 7) is 4.29. The third-order valence-corrected chi connectivity index (χ3v) is 11.4. The second-order valence-electron chi connectivity index (χ2n) is 15.1. The highest BCUT2D eigenvalue weighted by molar-refractivity contribution is 6.17. The van der Waals surface area contributed by atoms with E-state index in [2.05, 4.69) is 242 Å². The van der Waals surface area contributed by atoms with Crippen LogP contribution in [-0.4, -0.2) is 4.57 Å². The molecular formula is C56H42N2. The van der Waals surface area contributed by atoms with Gasteiger partial charge in [0.25, 0.3) is 0 Å². The third-order valence-electron chi connectivity index (χ3n) is 11.4. The molecule has 9 aromatic carbocycles. The molecule has 1 aromatic heterocycles. The summed E-state index contributed by atoms with van der Waals surface area (Å²) in [6, 6.07) is 79.6. The molecule has 0 bridgehead atoms. The zero-order chi connectivity index (χ0) is 39.0. The van der Waals surface area contributed by atoms with Crippen molar-refractivity contribution >= 4 is 38.9 Å². The van der Waals surface area contributed by atoms with Gasteiger partial charge in [-0.3, -0.25) is 0 Å². The number of rotatable bonds is 8. The van der Waals surface area contributed by atoms with Crippen LogP contribution in [0.15, 0.2) is 218 Å². The standard InChI is InChI=1S/C56H42N2/c1-39-24-28-43(29-25-39)46-34-37-49(45-30-26-40(2)27-31-45)55(38-46)58-52-21-12-10-19-50(52)56-53(22-13-23-54(56)58)57(47-35-32-42(33-36-47)41-14-5-3-6-15-41)51-20-11-9-18-48(51)44-16-7-4-8-17-44/h3-38H,1-2H3. The van der Waals surface area contributed by atoms with Crippen LogP contribution in [0.25, 0.3) is 72.0 Å². The molecule has 0 saturated carbocycles. The zero-order valence-corrected chi connectivity index (χ0v) is 32.7. The molecule has 2 heteroatoms. The minimum Gasteiger partial charge on any atom is -0.309 e. The average Bonchev–Trinajstić information content (AvgIpc) is 3.63. The quantitative estimate of drug-likeness (QED) is 0.150. The van der Waals surface area contributed by atoms with Crippen molar-refractivity contribution in [2.45, 2.75) is 13.8 Å². The van der Waals surface area contributed by atoms with Gasteiger partial charge in [0, 0.05) is 27.6 Å². The van der Waals surface area contributed by atoms with Crippen molar-refractivity contribution < 1.29 is 0 Å². The molecule has 10 rings (SSSR count). The third kappa shape index (κ3) is 6.35. The highest BCUT2D eigenvalue weighted by Gasteiger charge is 2.24. The summed E-state index contributed by atoms with van der Waals surface area (Å²) in [5.74, 6) is 0. The Labute approximate surface area is 340 Å². The first-order valence-corrected chi connectivity index (χ1v) is 20.0. The first-order chi connectivity index (χ1) is 28.6. The fourth-order valence-electron chi connectivity index (χ4n) is 8.44. The van der Waals surface area contributed by atoms with Gasteiger partial charge >= 0.3 is 0 Å². The van der Waals surface area contributed by atoms with Gasteiger partial charge in [0.2, 0.25) is 0 Å². The number of nitrogens with zero attached hydrogens (tertiary/aromatic N) is 2. The van der Waals surface area contributed by atoms with Gasteiger partial charge in [0.15, 0.2) is 0 Å². The first-order valence-electron chi connectivity index (χ1n) is 20.0. The van der Waals surface area contributed by atoms with Crippen LogP contribution in [0.5, 0.6) is 0 Å². The van der Waals surface area contributed by atoms with Crippen LogP contribution in [0.2, 0.25) is 0 Å². The van der Waals surface area contributed by atoms with Crippen LogP contribution in [0, 0.1) is 13.8 Å². The van der Waals surface area contributed by atoms with E-state index >= 15 is 0 Å². The Balaban J connectivity index is 1.25. The summed E-state index contributed by atoms with van der Waals surface area (Å²) in [7, 11) is 0. The Kier molecular flexibility index (Phi) is 9.01. The maximum Gasteiger partial charge on any atom is 0.0562 e. The lowest BCUT2D eigenvalue weighted by Gasteiger charge is -2.29. The molecule has 0 radical (unpaired) electrons. The topological polar surface area (TPSA) is 8.17 Å². The van der Waals surface area contributed by atoms with Gasteiger partial charge in [0.05, 0.1) is 28.1 Å². The lowest BCUT2D eigenvalue weighted by molar-refractivity contribution is 1.18. The molecule has 0 aliphatic carbocycles. The molecule has 0 aliphatic heterocycles. The smallest absolute Gasteiger partial charge is 0.0562 e. The van der Waals surface area contributed by atoms with Gasteiger partial charge in [-0.1, -0.05) is 187 Å². The largest absolute Gasteiger partial charge is 0.309 e. The van der Waals surface area contributed by atoms with Gasteiger partial charge in [-0.25, -0.2) is 0 Å². The molecule has 0 amide bonds. The number of para-hydroxylation sites is 2. The SMILES string of the molecule is Cc1ccc(-c2ccc(-c3ccc(C)cc3)c(-n3c4ccccc4c4c(N(c5ccc(-c6ccccc6)cc5)c5ccccc5-c5ccccc5)cccc43)c2)cc1. The van der Waals surface area contributed by atoms with E-state index in [0.717, 1.165) is 33.8 Å². The van der Waals surface area contributed by atoms with E-state index in [9.17, 15) is 0 Å². The molecule has 1 heterocycles. The lowest BCUT2D eigenvalue weighted by atomic mass is 9.97. The van der Waals surface area contributed by atoms with Crippen LogP contribution in [0.4, 0.5) is 17.1 Å². The Morgan fingerprint density at radius 3 is 1.57 bits per heavy atom. The maximum atomic E-state index is 2.49. The number of hydrogen-bond donors (Lipinski definition) is 0. The molecule has 0 aliphatic rings. The fraction of sp³-hybridized carbons (Fsp3) is 0.0357. The number of fused-ring (bicyclic) bond motifs is 3. The first kappa shape index (κ1) is 35.0. The summed E-state index contributed by atoms with van der Waals surface area (Å²) < 4.78 is 2.49. The average molecular weight is 743 g/mol. The van der Waals surface area contributed by atoms with Gasteiger partial charge in [-0.05, 0) is 89.7 Å². The Bertz CT molecular complexity index is 3030. The number of anilines is 3. The normalized spacial score (nSPS) is 11.3. The van der Waals surface area contributed by atoms with Crippen LogP contribution < -0.4 is 4.90 Å². The van der Waals surface area contributed by atoms with Crippen LogP contribution >= 0.6 is 0 Å². The molecule has 58 heavy (non-hydrogen) atoms. The van der Waals surface area contributed by atoms with E-state index < -0.39 is 0 Å². The fourth-order valence-corrected chi connectivity index (χ4v) is 8.44. The molecule has 276 valence electrons. The predicted octanol–water partition coefficient (Wildman–Crippen LogP) is 15.5. The monoisotopic (exact) mass is 742 g/mol. The minimum absolute atomic E-state index is 1.09. The van der Waals surface area contributed by atoms with E-state index in [4.69, 9.17) is 0 Å². The van der Waals surface area contributed by atoms with E-state index in [1.807, 2.05) is 0 Å². The highest BCUT2D eigenvalue weighted by Crippen LogP contribution is 2.47. The van der Waals surface area contributed by atoms with Crippen molar-refractivity contribution in [3.8, 4) is 50.2 Å². The van der Waals surface area contributed by atoms with Crippen molar-refractivity contribution in [1.82, 2.24) is 4.57 Å². The number of hydrogen-bond acceptors (Lipinski definition) is 1. The van der Waals surface area contributed by atoms with Gasteiger partial charge in [-0.15, -0.1) is 0 Å². The summed E-state index contributed by atoms with van der Waals surface area (Å²) >= 11 is 0. The van der Waals surface area contributed by atoms with Crippen molar-refractivity contribution in [2.24, 2.45) is 0 Å². The molecule has 0 saturated heterocycles. The number of aromatic nitrogens is 1. The van der Waals surface area contributed by atoms with Crippen LogP contribution in [0.1, 0.15) is 11.1 Å². The maximum absolute atomic E-state index is 2.49. The second kappa shape index (κ2) is 14.9. The minimum atomic E-state index is 1.09. The molecule has 0 fully saturated rings. The molecular weight excluding hydrogens is 701 g/mol. The van der Waals surface area contributed by atoms with E-state index in [1.165, 1.54) is 66.4 Å². The van der Waals surface area contributed by atoms with Crippen LogP contribution in [-0.2, 0) is 0 Å². The van der Waals surface area contributed by atoms with Crippen molar-refractivity contribution in [3.63, 3.8) is 0 Å². The highest BCUT2D eigenvalue weighted by atomic mass is 15.2. The lowest BCUT2D eigenvalue weighted by Crippen LogP contribution is -2.11. The zero-order valence-electron chi connectivity index (χ0n) is 32.7. The Morgan fingerprint density at radius 2 is 0.845 bits per heavy atom. The number of benzene rings is 9. The Hall–Kier alpha value is -7.42. The van der Waals surface area contributed by atoms with Crippen molar-refractivity contribution in [1.29, 1.82) is 0 Å². The van der Waals surface area contributed by atoms with Crippen molar-refractivity contribution in [3.05, 3.63) is 230 Å². The Morgan fingerprint density at radius 1 is 0.345 bits per heavy atom.